The number of rotatable bonds is 8. The van der Waals surface area contributed by atoms with Crippen LogP contribution in [0.15, 0.2) is 237 Å². The third-order valence-corrected chi connectivity index (χ3v) is 14.7. The Bertz CT molecular complexity index is 3580. The summed E-state index contributed by atoms with van der Waals surface area (Å²) in [5.41, 5.74) is 20.6. The predicted octanol–water partition coefficient (Wildman–Crippen LogP) is 18.2. The van der Waals surface area contributed by atoms with Gasteiger partial charge in [-0.25, -0.2) is 0 Å². The predicted molar refractivity (Wildman–Crippen MR) is 279 cm³/mol. The number of fused-ring (bicyclic) bond motifs is 6. The monoisotopic (exact) mass is 847 g/mol. The van der Waals surface area contributed by atoms with Gasteiger partial charge in [-0.05, 0) is 103 Å². The number of hydrogen-bond donors (Lipinski definition) is 0. The molecule has 65 heavy (non-hydrogen) atoms. The van der Waals surface area contributed by atoms with Crippen LogP contribution in [0.1, 0.15) is 25.0 Å². The lowest BCUT2D eigenvalue weighted by Crippen LogP contribution is -2.15. The van der Waals surface area contributed by atoms with Gasteiger partial charge in [0, 0.05) is 42.4 Å². The molecule has 11 aromatic rings. The minimum absolute atomic E-state index is 0.113. The average Bonchev–Trinajstić information content (AvgIpc) is 3.86. The molecule has 10 aromatic carbocycles. The molecule has 0 saturated heterocycles. The van der Waals surface area contributed by atoms with Crippen LogP contribution in [0.3, 0.4) is 0 Å². The zero-order valence-corrected chi connectivity index (χ0v) is 37.2. The van der Waals surface area contributed by atoms with E-state index < -0.39 is 0 Å². The van der Waals surface area contributed by atoms with Crippen molar-refractivity contribution in [3.8, 4) is 66.8 Å². The second-order valence-corrected chi connectivity index (χ2v) is 18.7. The number of anilines is 3. The maximum Gasteiger partial charge on any atom is 0.0540 e. The summed E-state index contributed by atoms with van der Waals surface area (Å²) in [6.45, 7) is 4.73. The number of para-hydroxylation sites is 2. The Kier molecular flexibility index (Phi) is 9.44. The summed E-state index contributed by atoms with van der Waals surface area (Å²) in [4.78, 5) is 2.49. The third-order valence-electron chi connectivity index (χ3n) is 13.5. The van der Waals surface area contributed by atoms with Crippen molar-refractivity contribution in [1.29, 1.82) is 0 Å². The van der Waals surface area contributed by atoms with Crippen LogP contribution in [0.5, 0.6) is 0 Å². The van der Waals surface area contributed by atoms with Crippen LogP contribution >= 0.6 is 11.3 Å². The minimum atomic E-state index is -0.113. The van der Waals surface area contributed by atoms with Crippen LogP contribution in [0.25, 0.3) is 86.9 Å². The molecule has 0 unspecified atom stereocenters. The van der Waals surface area contributed by atoms with E-state index in [-0.39, 0.29) is 5.41 Å². The fourth-order valence-electron chi connectivity index (χ4n) is 10.4. The van der Waals surface area contributed by atoms with E-state index >= 15 is 0 Å². The molecule has 2 heteroatoms. The highest BCUT2D eigenvalue weighted by Crippen LogP contribution is 2.54. The molecule has 12 rings (SSSR count). The molecule has 1 aliphatic rings. The molecule has 1 aliphatic carbocycles. The van der Waals surface area contributed by atoms with Gasteiger partial charge >= 0.3 is 0 Å². The Morgan fingerprint density at radius 2 is 0.815 bits per heavy atom. The summed E-state index contributed by atoms with van der Waals surface area (Å²) < 4.78 is 2.63. The first-order chi connectivity index (χ1) is 32.0. The molecule has 0 radical (unpaired) electrons. The molecule has 0 bridgehead atoms. The topological polar surface area (TPSA) is 3.24 Å². The van der Waals surface area contributed by atoms with E-state index in [9.17, 15) is 0 Å². The summed E-state index contributed by atoms with van der Waals surface area (Å²) in [6.07, 6.45) is 0. The lowest BCUT2D eigenvalue weighted by atomic mass is 9.82. The fraction of sp³-hybridized carbons (Fsp3) is 0.0476. The summed E-state index contributed by atoms with van der Waals surface area (Å²) in [6, 6.07) is 87.1. The van der Waals surface area contributed by atoms with Gasteiger partial charge in [-0.2, -0.15) is 0 Å². The Morgan fingerprint density at radius 1 is 0.323 bits per heavy atom. The van der Waals surface area contributed by atoms with E-state index in [1.807, 2.05) is 11.3 Å². The quantitative estimate of drug-likeness (QED) is 0.147. The van der Waals surface area contributed by atoms with Gasteiger partial charge in [0.2, 0.25) is 0 Å². The molecule has 1 aromatic heterocycles. The molecule has 0 amide bonds. The van der Waals surface area contributed by atoms with Crippen molar-refractivity contribution < 1.29 is 0 Å². The molecule has 308 valence electrons. The van der Waals surface area contributed by atoms with Crippen LogP contribution in [0.4, 0.5) is 17.1 Å². The summed E-state index contributed by atoms with van der Waals surface area (Å²) in [5.74, 6) is 0. The van der Waals surface area contributed by atoms with Crippen LogP contribution in [0.2, 0.25) is 0 Å². The van der Waals surface area contributed by atoms with E-state index in [4.69, 9.17) is 0 Å². The highest BCUT2D eigenvalue weighted by molar-refractivity contribution is 7.25. The van der Waals surface area contributed by atoms with Gasteiger partial charge in [0.05, 0.1) is 11.4 Å². The average molecular weight is 848 g/mol. The molecule has 0 saturated carbocycles. The van der Waals surface area contributed by atoms with Crippen LogP contribution < -0.4 is 4.90 Å². The van der Waals surface area contributed by atoms with Crippen molar-refractivity contribution in [2.75, 3.05) is 4.90 Å². The normalized spacial score (nSPS) is 12.6. The van der Waals surface area contributed by atoms with Crippen molar-refractivity contribution in [2.45, 2.75) is 19.3 Å². The summed E-state index contributed by atoms with van der Waals surface area (Å²) in [5, 5.41) is 2.64. The molecule has 1 nitrogen and oxygen atoms in total. The SMILES string of the molecule is CC1(C)c2ccccc2-c2c(-c3ccccc3N(c3ccc(-c4ccc5c(c4)sc4ccccc45)cc3)c3ccccc3-c3ccccc3-c3ccccc3-c3ccccc3)cccc21. The molecule has 0 aliphatic heterocycles. The van der Waals surface area contributed by atoms with Crippen LogP contribution in [-0.4, -0.2) is 0 Å². The van der Waals surface area contributed by atoms with E-state index in [1.54, 1.807) is 0 Å². The Morgan fingerprint density at radius 3 is 1.54 bits per heavy atom. The first-order valence-electron chi connectivity index (χ1n) is 22.5. The molecule has 0 fully saturated rings. The van der Waals surface area contributed by atoms with Gasteiger partial charge in [0.1, 0.15) is 0 Å². The Balaban J connectivity index is 1.06. The van der Waals surface area contributed by atoms with Crippen molar-refractivity contribution in [1.82, 2.24) is 0 Å². The molecule has 1 heterocycles. The number of nitrogens with zero attached hydrogens (tertiary/aromatic N) is 1. The maximum absolute atomic E-state index is 2.49. The third kappa shape index (κ3) is 6.52. The molecule has 0 N–H and O–H groups in total. The van der Waals surface area contributed by atoms with Gasteiger partial charge in [-0.1, -0.05) is 214 Å². The van der Waals surface area contributed by atoms with Crippen LogP contribution in [-0.2, 0) is 5.41 Å². The van der Waals surface area contributed by atoms with Gasteiger partial charge in [-0.15, -0.1) is 11.3 Å². The number of hydrogen-bond acceptors (Lipinski definition) is 2. The Labute approximate surface area is 385 Å². The fourth-order valence-corrected chi connectivity index (χ4v) is 11.6. The first-order valence-corrected chi connectivity index (χ1v) is 23.3. The van der Waals surface area contributed by atoms with Crippen molar-refractivity contribution in [3.05, 3.63) is 248 Å². The first kappa shape index (κ1) is 38.9. The van der Waals surface area contributed by atoms with Crippen molar-refractivity contribution >= 4 is 48.6 Å². The zero-order chi connectivity index (χ0) is 43.5. The second-order valence-electron chi connectivity index (χ2n) is 17.6. The van der Waals surface area contributed by atoms with Gasteiger partial charge in [0.25, 0.3) is 0 Å². The van der Waals surface area contributed by atoms with E-state index in [2.05, 4.69) is 255 Å². The van der Waals surface area contributed by atoms with Crippen molar-refractivity contribution in [2.24, 2.45) is 0 Å². The summed E-state index contributed by atoms with van der Waals surface area (Å²) >= 11 is 1.87. The largest absolute Gasteiger partial charge is 0.309 e. The van der Waals surface area contributed by atoms with E-state index in [1.165, 1.54) is 92.5 Å². The van der Waals surface area contributed by atoms with E-state index in [0.717, 1.165) is 22.6 Å². The van der Waals surface area contributed by atoms with Gasteiger partial charge < -0.3 is 4.90 Å². The van der Waals surface area contributed by atoms with Gasteiger partial charge in [0.15, 0.2) is 0 Å². The van der Waals surface area contributed by atoms with E-state index in [0.29, 0.717) is 0 Å². The zero-order valence-electron chi connectivity index (χ0n) is 36.4. The van der Waals surface area contributed by atoms with Gasteiger partial charge in [-0.3, -0.25) is 0 Å². The number of thiophene rings is 1. The second kappa shape index (κ2) is 15.8. The smallest absolute Gasteiger partial charge is 0.0540 e. The maximum atomic E-state index is 2.49. The molecular weight excluding hydrogens is 803 g/mol. The highest BCUT2D eigenvalue weighted by Gasteiger charge is 2.37. The highest BCUT2D eigenvalue weighted by atomic mass is 32.1. The van der Waals surface area contributed by atoms with Crippen LogP contribution in [0, 0.1) is 0 Å². The Hall–Kier alpha value is -7.78. The standard InChI is InChI=1S/C63H45NS/c1-63(2)56-30-14-10-28-55(56)62-54(29-18-31-57(62)63)51-26-12-16-33-59(51)64(45-38-35-42(36-39-45)44-37-40-53-52-27-13-17-34-60(52)65-61(53)41-44)58-32-15-11-25-50(58)49-24-9-8-23-48(49)47-22-7-6-21-46(47)43-19-4-3-5-20-43/h3-41H,1-2H3. The lowest BCUT2D eigenvalue weighted by Gasteiger charge is -2.31. The van der Waals surface area contributed by atoms with Crippen molar-refractivity contribution in [3.63, 3.8) is 0 Å². The molecular formula is C63H45NS. The lowest BCUT2D eigenvalue weighted by molar-refractivity contribution is 0.660. The summed E-state index contributed by atoms with van der Waals surface area (Å²) in [7, 11) is 0. The minimum Gasteiger partial charge on any atom is -0.309 e. The molecule has 0 spiro atoms. The molecule has 0 atom stereocenters. The number of benzene rings is 10.